The van der Waals surface area contributed by atoms with Crippen LogP contribution in [0.25, 0.3) is 32.3 Å². The highest BCUT2D eigenvalue weighted by atomic mass is 35.5. The lowest BCUT2D eigenvalue weighted by atomic mass is 9.95. The fourth-order valence-electron chi connectivity index (χ4n) is 5.73. The van der Waals surface area contributed by atoms with Crippen molar-refractivity contribution in [2.24, 2.45) is 5.11 Å². The second-order valence-corrected chi connectivity index (χ2v) is 13.2. The summed E-state index contributed by atoms with van der Waals surface area (Å²) < 4.78 is 27.9. The zero-order chi connectivity index (χ0) is 41.2. The third-order valence-corrected chi connectivity index (χ3v) is 8.76. The zero-order valence-electron chi connectivity index (χ0n) is 32.3. The third-order valence-electron chi connectivity index (χ3n) is 8.53. The summed E-state index contributed by atoms with van der Waals surface area (Å²) in [7, 11) is 0. The molecule has 0 saturated carbocycles. The van der Waals surface area contributed by atoms with Crippen molar-refractivity contribution < 1.29 is 43.2 Å². The standard InChI is InChI=1S/C41H50ClN7O9/c42-32-14-16-45-38(27-32)44-15-4-3-7-39(50)46-29-40(51)48-36(28-41(52)53)31-10-8-30(9-11-31)33-12-13-37(35-6-2-1-5-34(33)35)58-26-25-57-24-23-56-22-21-55-20-19-54-18-17-47-49-43/h1-2,5-6,8-14,16,27,36H,3-4,7,15,17-26,28-29H2,(H,44,45)(H,46,50)(H,48,51)(H,52,53)/t36-/m0/s1. The molecule has 0 aliphatic rings. The van der Waals surface area contributed by atoms with Gasteiger partial charge in [-0.15, -0.1) is 0 Å². The minimum absolute atomic E-state index is 0.241. The number of aliphatic carboxylic acids is 1. The van der Waals surface area contributed by atoms with Gasteiger partial charge in [0.05, 0.1) is 71.9 Å². The van der Waals surface area contributed by atoms with E-state index in [2.05, 4.69) is 31.0 Å². The summed E-state index contributed by atoms with van der Waals surface area (Å²) in [5, 5.41) is 24.0. The van der Waals surface area contributed by atoms with Crippen LogP contribution in [0.2, 0.25) is 5.02 Å². The van der Waals surface area contributed by atoms with Crippen LogP contribution in [-0.2, 0) is 33.3 Å². The Hall–Kier alpha value is -5.48. The molecule has 4 N–H and O–H groups in total. The Bertz CT molecular complexity index is 1930. The number of hydrogen-bond acceptors (Lipinski definition) is 11. The van der Waals surface area contributed by atoms with Gasteiger partial charge in [0.1, 0.15) is 18.2 Å². The van der Waals surface area contributed by atoms with E-state index in [0.717, 1.165) is 27.6 Å². The Balaban J connectivity index is 1.18. The summed E-state index contributed by atoms with van der Waals surface area (Å²) in [5.41, 5.74) is 10.7. The number of anilines is 1. The lowest BCUT2D eigenvalue weighted by Crippen LogP contribution is -2.39. The van der Waals surface area contributed by atoms with Crippen LogP contribution in [-0.4, -0.2) is 107 Å². The molecular weight excluding hydrogens is 770 g/mol. The van der Waals surface area contributed by atoms with Gasteiger partial charge in [-0.25, -0.2) is 4.98 Å². The lowest BCUT2D eigenvalue weighted by Gasteiger charge is -2.19. The molecule has 0 fully saturated rings. The van der Waals surface area contributed by atoms with Crippen LogP contribution < -0.4 is 20.7 Å². The van der Waals surface area contributed by atoms with E-state index in [1.165, 1.54) is 0 Å². The van der Waals surface area contributed by atoms with E-state index in [9.17, 15) is 19.5 Å². The molecule has 0 saturated heterocycles. The number of unbranched alkanes of at least 4 members (excludes halogenated alkanes) is 1. The van der Waals surface area contributed by atoms with Crippen LogP contribution in [0.4, 0.5) is 5.82 Å². The predicted molar refractivity (Wildman–Crippen MR) is 220 cm³/mol. The van der Waals surface area contributed by atoms with Gasteiger partial charge in [-0.05, 0) is 58.6 Å². The van der Waals surface area contributed by atoms with Crippen LogP contribution in [0.5, 0.6) is 5.75 Å². The van der Waals surface area contributed by atoms with Gasteiger partial charge in [-0.2, -0.15) is 0 Å². The highest BCUT2D eigenvalue weighted by Gasteiger charge is 2.19. The van der Waals surface area contributed by atoms with Crippen LogP contribution in [0, 0.1) is 0 Å². The molecule has 16 nitrogen and oxygen atoms in total. The quantitative estimate of drug-likeness (QED) is 0.0205. The third kappa shape index (κ3) is 16.9. The van der Waals surface area contributed by atoms with Crippen LogP contribution in [0.1, 0.15) is 37.3 Å². The van der Waals surface area contributed by atoms with E-state index in [-0.39, 0.29) is 25.3 Å². The number of fused-ring (bicyclic) bond motifs is 1. The van der Waals surface area contributed by atoms with Gasteiger partial charge in [0.2, 0.25) is 11.8 Å². The molecule has 58 heavy (non-hydrogen) atoms. The number of nitrogens with one attached hydrogen (secondary N) is 3. The molecule has 1 atom stereocenters. The number of aromatic nitrogens is 1. The number of amides is 2. The average molecular weight is 820 g/mol. The van der Waals surface area contributed by atoms with Gasteiger partial charge >= 0.3 is 5.97 Å². The number of nitrogens with zero attached hydrogens (tertiary/aromatic N) is 4. The van der Waals surface area contributed by atoms with Gasteiger partial charge in [0.25, 0.3) is 0 Å². The number of azide groups is 1. The number of carbonyl (C=O) groups is 3. The van der Waals surface area contributed by atoms with Gasteiger partial charge in [0, 0.05) is 41.0 Å². The molecule has 4 aromatic rings. The Morgan fingerprint density at radius 2 is 1.48 bits per heavy atom. The smallest absolute Gasteiger partial charge is 0.305 e. The number of hydrogen-bond donors (Lipinski definition) is 4. The van der Waals surface area contributed by atoms with E-state index in [1.54, 1.807) is 30.5 Å². The SMILES string of the molecule is [N-]=[N+]=NCCOCCOCCOCCOCCOc1ccc(-c2ccc([C@H](CC(=O)O)NC(=O)CNC(=O)CCCCNc3cc(Cl)ccn3)cc2)c2ccccc12. The van der Waals surface area contributed by atoms with Crippen molar-refractivity contribution in [3.63, 3.8) is 0 Å². The summed E-state index contributed by atoms with van der Waals surface area (Å²) in [4.78, 5) is 43.7. The molecule has 1 aromatic heterocycles. The molecule has 0 aliphatic heterocycles. The Labute approximate surface area is 342 Å². The Morgan fingerprint density at radius 1 is 0.810 bits per heavy atom. The molecule has 310 valence electrons. The molecule has 2 amide bonds. The van der Waals surface area contributed by atoms with Crippen molar-refractivity contribution in [2.75, 3.05) is 84.4 Å². The average Bonchev–Trinajstić information content (AvgIpc) is 3.22. The first kappa shape index (κ1) is 45.2. The van der Waals surface area contributed by atoms with E-state index in [1.807, 2.05) is 48.5 Å². The highest BCUT2D eigenvalue weighted by Crippen LogP contribution is 2.35. The van der Waals surface area contributed by atoms with Crippen LogP contribution >= 0.6 is 11.6 Å². The number of carboxylic acids is 1. The summed E-state index contributed by atoms with van der Waals surface area (Å²) in [6, 6.07) is 21.8. The summed E-state index contributed by atoms with van der Waals surface area (Å²) >= 11 is 5.96. The fourth-order valence-corrected chi connectivity index (χ4v) is 5.89. The maximum atomic E-state index is 12.8. The van der Waals surface area contributed by atoms with Crippen molar-refractivity contribution in [3.05, 3.63) is 100 Å². The van der Waals surface area contributed by atoms with Gasteiger partial charge in [0.15, 0.2) is 0 Å². The number of halogens is 1. The molecular formula is C41H50ClN7O9. The molecule has 0 aliphatic carbocycles. The summed E-state index contributed by atoms with van der Waals surface area (Å²) in [5.74, 6) is -0.450. The number of carbonyl (C=O) groups excluding carboxylic acids is 2. The first-order valence-corrected chi connectivity index (χ1v) is 19.4. The van der Waals surface area contributed by atoms with E-state index < -0.39 is 17.9 Å². The van der Waals surface area contributed by atoms with Crippen molar-refractivity contribution in [3.8, 4) is 16.9 Å². The highest BCUT2D eigenvalue weighted by molar-refractivity contribution is 6.30. The van der Waals surface area contributed by atoms with Gasteiger partial charge in [-0.1, -0.05) is 71.3 Å². The van der Waals surface area contributed by atoms with Gasteiger partial charge < -0.3 is 44.7 Å². The van der Waals surface area contributed by atoms with Crippen molar-refractivity contribution >= 4 is 46.0 Å². The fraction of sp³-hybridized carbons (Fsp3) is 0.415. The molecule has 4 rings (SSSR count). The molecule has 0 bridgehead atoms. The topological polar surface area (TPSA) is 215 Å². The van der Waals surface area contributed by atoms with E-state index in [4.69, 9.17) is 40.8 Å². The van der Waals surface area contributed by atoms with Gasteiger partial charge in [-0.3, -0.25) is 14.4 Å². The monoisotopic (exact) mass is 819 g/mol. The Kier molecular flexibility index (Phi) is 20.6. The molecule has 3 aromatic carbocycles. The van der Waals surface area contributed by atoms with Crippen LogP contribution in [0.15, 0.2) is 84.1 Å². The minimum atomic E-state index is -1.07. The summed E-state index contributed by atoms with van der Waals surface area (Å²) in [6.07, 6.45) is 2.84. The molecule has 0 spiro atoms. The van der Waals surface area contributed by atoms with Crippen molar-refractivity contribution in [1.29, 1.82) is 0 Å². The Morgan fingerprint density at radius 3 is 2.16 bits per heavy atom. The summed E-state index contributed by atoms with van der Waals surface area (Å²) in [6.45, 7) is 4.32. The second kappa shape index (κ2) is 26.4. The normalized spacial score (nSPS) is 11.4. The first-order valence-electron chi connectivity index (χ1n) is 19.0. The maximum absolute atomic E-state index is 12.8. The van der Waals surface area contributed by atoms with Crippen molar-refractivity contribution in [2.45, 2.75) is 31.7 Å². The van der Waals surface area contributed by atoms with Crippen molar-refractivity contribution in [1.82, 2.24) is 15.6 Å². The molecule has 0 unspecified atom stereocenters. The predicted octanol–water partition coefficient (Wildman–Crippen LogP) is 6.34. The van der Waals surface area contributed by atoms with E-state index >= 15 is 0 Å². The number of pyridine rings is 1. The molecule has 17 heteroatoms. The molecule has 1 heterocycles. The maximum Gasteiger partial charge on any atom is 0.305 e. The first-order chi connectivity index (χ1) is 28.3. The number of benzene rings is 3. The lowest BCUT2D eigenvalue weighted by molar-refractivity contribution is -0.138. The minimum Gasteiger partial charge on any atom is -0.491 e. The zero-order valence-corrected chi connectivity index (χ0v) is 33.0. The second-order valence-electron chi connectivity index (χ2n) is 12.8. The van der Waals surface area contributed by atoms with E-state index in [0.29, 0.717) is 102 Å². The molecule has 0 radical (unpaired) electrons. The number of carboxylic acid groups (broad SMARTS) is 1. The van der Waals surface area contributed by atoms with Crippen LogP contribution in [0.3, 0.4) is 0 Å². The number of rotatable bonds is 29. The largest absolute Gasteiger partial charge is 0.491 e. The number of ether oxygens (including phenoxy) is 5.